The highest BCUT2D eigenvalue weighted by molar-refractivity contribution is 5.95. The van der Waals surface area contributed by atoms with Crippen LogP contribution in [-0.2, 0) is 11.2 Å². The molecule has 1 amide bonds. The summed E-state index contributed by atoms with van der Waals surface area (Å²) in [6, 6.07) is 11.6. The van der Waals surface area contributed by atoms with E-state index in [2.05, 4.69) is 10.4 Å². The Hall–Kier alpha value is -3.19. The van der Waals surface area contributed by atoms with Gasteiger partial charge in [0.1, 0.15) is 11.3 Å². The van der Waals surface area contributed by atoms with Crippen molar-refractivity contribution in [2.24, 2.45) is 0 Å². The molecule has 1 saturated heterocycles. The topological polar surface area (TPSA) is 86.4 Å². The van der Waals surface area contributed by atoms with E-state index in [9.17, 15) is 9.59 Å². The highest BCUT2D eigenvalue weighted by Crippen LogP contribution is 2.27. The zero-order chi connectivity index (χ0) is 20.9. The number of carbonyl (C=O) groups excluding carboxylic acids is 1. The number of benzene rings is 1. The molecule has 3 heterocycles. The van der Waals surface area contributed by atoms with E-state index in [0.717, 1.165) is 24.1 Å². The molecule has 1 aromatic carbocycles. The third-order valence-electron chi connectivity index (χ3n) is 5.37. The number of amides is 1. The molecule has 0 atom stereocenters. The number of hydrogen-bond donors (Lipinski definition) is 1. The van der Waals surface area contributed by atoms with Gasteiger partial charge in [0.25, 0.3) is 5.91 Å². The highest BCUT2D eigenvalue weighted by Gasteiger charge is 2.22. The number of aromatic nitrogens is 2. The lowest BCUT2D eigenvalue weighted by Gasteiger charge is -2.21. The summed E-state index contributed by atoms with van der Waals surface area (Å²) >= 11 is 0. The Morgan fingerprint density at radius 2 is 2.00 bits per heavy atom. The van der Waals surface area contributed by atoms with Crippen molar-refractivity contribution < 1.29 is 13.9 Å². The number of aryl methyl sites for hydroxylation is 1. The number of nitrogens with zero attached hydrogens (tertiary/aromatic N) is 2. The van der Waals surface area contributed by atoms with Crippen molar-refractivity contribution in [3.63, 3.8) is 0 Å². The van der Waals surface area contributed by atoms with Crippen LogP contribution in [0.1, 0.15) is 46.0 Å². The van der Waals surface area contributed by atoms with Crippen LogP contribution in [0.2, 0.25) is 0 Å². The largest absolute Gasteiger partial charge is 0.427 e. The maximum atomic E-state index is 12.6. The minimum Gasteiger partial charge on any atom is -0.427 e. The van der Waals surface area contributed by atoms with Crippen LogP contribution in [0.25, 0.3) is 5.69 Å². The lowest BCUT2D eigenvalue weighted by Crippen LogP contribution is -2.31. The maximum Gasteiger partial charge on any atom is 0.349 e. The summed E-state index contributed by atoms with van der Waals surface area (Å²) < 4.78 is 12.6. The number of ether oxygens (including phenoxy) is 1. The molecule has 0 saturated carbocycles. The fourth-order valence-corrected chi connectivity index (χ4v) is 3.71. The molecule has 30 heavy (non-hydrogen) atoms. The highest BCUT2D eigenvalue weighted by atomic mass is 16.5. The van der Waals surface area contributed by atoms with Crippen molar-refractivity contribution in [1.82, 2.24) is 15.1 Å². The number of nitrogens with one attached hydrogen (secondary N) is 1. The first-order valence-electron chi connectivity index (χ1n) is 10.2. The quantitative estimate of drug-likeness (QED) is 0.679. The van der Waals surface area contributed by atoms with Gasteiger partial charge in [-0.15, -0.1) is 0 Å². The second-order valence-corrected chi connectivity index (χ2v) is 7.52. The van der Waals surface area contributed by atoms with Crippen LogP contribution in [0, 0.1) is 6.92 Å². The number of para-hydroxylation sites is 1. The van der Waals surface area contributed by atoms with E-state index in [1.54, 1.807) is 17.8 Å². The van der Waals surface area contributed by atoms with E-state index < -0.39 is 11.5 Å². The minimum absolute atomic E-state index is 0.0748. The molecule has 2 aromatic heterocycles. The van der Waals surface area contributed by atoms with Gasteiger partial charge in [0.15, 0.2) is 0 Å². The van der Waals surface area contributed by atoms with Gasteiger partial charge in [-0.3, -0.25) is 4.79 Å². The van der Waals surface area contributed by atoms with Gasteiger partial charge in [0.05, 0.1) is 11.9 Å². The van der Waals surface area contributed by atoms with Crippen molar-refractivity contribution in [2.45, 2.75) is 32.1 Å². The molecule has 156 valence electrons. The molecule has 1 aliphatic heterocycles. The van der Waals surface area contributed by atoms with Gasteiger partial charge in [-0.05, 0) is 55.5 Å². The second kappa shape index (κ2) is 9.09. The van der Waals surface area contributed by atoms with Crippen molar-refractivity contribution >= 4 is 5.91 Å². The van der Waals surface area contributed by atoms with Gasteiger partial charge in [0, 0.05) is 31.9 Å². The average molecular weight is 407 g/mol. The fraction of sp³-hybridized carbons (Fsp3) is 0.348. The monoisotopic (exact) mass is 407 g/mol. The molecule has 0 unspecified atom stereocenters. The molecule has 1 aliphatic rings. The van der Waals surface area contributed by atoms with Crippen LogP contribution in [0.15, 0.2) is 58.0 Å². The van der Waals surface area contributed by atoms with Crippen LogP contribution in [0.5, 0.6) is 0 Å². The molecule has 3 aromatic rings. The van der Waals surface area contributed by atoms with Crippen molar-refractivity contribution in [3.05, 3.63) is 81.7 Å². The molecule has 7 nitrogen and oxygen atoms in total. The van der Waals surface area contributed by atoms with Gasteiger partial charge in [-0.2, -0.15) is 5.10 Å². The van der Waals surface area contributed by atoms with E-state index in [1.807, 2.05) is 42.6 Å². The molecule has 0 spiro atoms. The number of rotatable bonds is 6. The molecular weight excluding hydrogens is 382 g/mol. The van der Waals surface area contributed by atoms with Gasteiger partial charge < -0.3 is 14.5 Å². The molecule has 0 aliphatic carbocycles. The number of carbonyl (C=O) groups is 1. The van der Waals surface area contributed by atoms with Crippen LogP contribution >= 0.6 is 0 Å². The first-order valence-corrected chi connectivity index (χ1v) is 10.2. The summed E-state index contributed by atoms with van der Waals surface area (Å²) in [6.07, 6.45) is 5.98. The molecule has 4 rings (SSSR count). The molecular formula is C23H25N3O4. The molecule has 0 radical (unpaired) electrons. The summed E-state index contributed by atoms with van der Waals surface area (Å²) in [4.78, 5) is 25.0. The van der Waals surface area contributed by atoms with Crippen LogP contribution < -0.4 is 10.9 Å². The zero-order valence-electron chi connectivity index (χ0n) is 17.0. The molecule has 1 fully saturated rings. The molecule has 0 bridgehead atoms. The summed E-state index contributed by atoms with van der Waals surface area (Å²) in [7, 11) is 0. The van der Waals surface area contributed by atoms with Crippen LogP contribution in [-0.4, -0.2) is 35.4 Å². The summed E-state index contributed by atoms with van der Waals surface area (Å²) in [5.41, 5.74) is 2.11. The van der Waals surface area contributed by atoms with E-state index in [1.165, 1.54) is 0 Å². The second-order valence-electron chi connectivity index (χ2n) is 7.52. The summed E-state index contributed by atoms with van der Waals surface area (Å²) in [6.45, 7) is 3.51. The predicted octanol–water partition coefficient (Wildman–Crippen LogP) is 3.00. The SMILES string of the molecule is Cc1cc(C2CCOCC2)oc(=O)c1C(=O)NCCc1cnn(-c2ccccc2)c1. The first kappa shape index (κ1) is 20.1. The molecule has 1 N–H and O–H groups in total. The normalized spacial score (nSPS) is 14.6. The average Bonchev–Trinajstić information content (AvgIpc) is 3.23. The van der Waals surface area contributed by atoms with Crippen molar-refractivity contribution in [2.75, 3.05) is 19.8 Å². The molecule has 7 heteroatoms. The Bertz CT molecular complexity index is 1070. The Morgan fingerprint density at radius 3 is 2.73 bits per heavy atom. The lowest BCUT2D eigenvalue weighted by atomic mass is 9.95. The summed E-state index contributed by atoms with van der Waals surface area (Å²) in [5.74, 6) is 0.407. The predicted molar refractivity (Wildman–Crippen MR) is 112 cm³/mol. The Kier molecular flexibility index (Phi) is 6.09. The van der Waals surface area contributed by atoms with E-state index in [-0.39, 0.29) is 11.5 Å². The maximum absolute atomic E-state index is 12.6. The summed E-state index contributed by atoms with van der Waals surface area (Å²) in [5, 5.41) is 7.18. The Morgan fingerprint density at radius 1 is 1.23 bits per heavy atom. The number of hydrogen-bond acceptors (Lipinski definition) is 5. The fourth-order valence-electron chi connectivity index (χ4n) is 3.71. The Labute approximate surface area is 174 Å². The Balaban J connectivity index is 1.37. The zero-order valence-corrected chi connectivity index (χ0v) is 17.0. The first-order chi connectivity index (χ1) is 14.6. The smallest absolute Gasteiger partial charge is 0.349 e. The standard InChI is InChI=1S/C23H25N3O4/c1-16-13-20(18-8-11-29-12-9-18)30-23(28)21(16)22(27)24-10-7-17-14-25-26(15-17)19-5-3-2-4-6-19/h2-6,13-15,18H,7-12H2,1H3,(H,24,27). The van der Waals surface area contributed by atoms with Gasteiger partial charge in [0.2, 0.25) is 0 Å². The van der Waals surface area contributed by atoms with E-state index >= 15 is 0 Å². The van der Waals surface area contributed by atoms with Gasteiger partial charge in [-0.25, -0.2) is 9.48 Å². The van der Waals surface area contributed by atoms with Gasteiger partial charge in [-0.1, -0.05) is 18.2 Å². The van der Waals surface area contributed by atoms with Gasteiger partial charge >= 0.3 is 5.63 Å². The third-order valence-corrected chi connectivity index (χ3v) is 5.37. The van der Waals surface area contributed by atoms with E-state index in [0.29, 0.717) is 37.5 Å². The van der Waals surface area contributed by atoms with Crippen LogP contribution in [0.4, 0.5) is 0 Å². The van der Waals surface area contributed by atoms with Crippen LogP contribution in [0.3, 0.4) is 0 Å². The van der Waals surface area contributed by atoms with Crippen molar-refractivity contribution in [1.29, 1.82) is 0 Å². The lowest BCUT2D eigenvalue weighted by molar-refractivity contribution is 0.0795. The van der Waals surface area contributed by atoms with E-state index in [4.69, 9.17) is 9.15 Å². The van der Waals surface area contributed by atoms with Crippen molar-refractivity contribution in [3.8, 4) is 5.69 Å². The third kappa shape index (κ3) is 4.52. The minimum atomic E-state index is -0.578.